The number of imidazole rings is 1. The van der Waals surface area contributed by atoms with E-state index in [4.69, 9.17) is 11.6 Å². The topological polar surface area (TPSA) is 98.0 Å². The van der Waals surface area contributed by atoms with Crippen molar-refractivity contribution in [2.75, 3.05) is 7.05 Å². The second kappa shape index (κ2) is 7.78. The minimum absolute atomic E-state index is 0.0164. The van der Waals surface area contributed by atoms with Gasteiger partial charge in [0.15, 0.2) is 0 Å². The van der Waals surface area contributed by atoms with E-state index in [1.165, 1.54) is 23.9 Å². The summed E-state index contributed by atoms with van der Waals surface area (Å²) in [4.78, 5) is 17.3. The molecule has 0 bridgehead atoms. The van der Waals surface area contributed by atoms with E-state index in [0.717, 1.165) is 5.56 Å². The van der Waals surface area contributed by atoms with Gasteiger partial charge >= 0.3 is 0 Å². The van der Waals surface area contributed by atoms with Crippen molar-refractivity contribution < 1.29 is 13.2 Å². The monoisotopic (exact) mass is 421 g/mol. The van der Waals surface area contributed by atoms with Crippen molar-refractivity contribution in [3.05, 3.63) is 71.0 Å². The number of sulfonamides is 1. The third-order valence-electron chi connectivity index (χ3n) is 4.39. The summed E-state index contributed by atoms with van der Waals surface area (Å²) in [6, 6.07) is 7.88. The summed E-state index contributed by atoms with van der Waals surface area (Å²) in [5.74, 6) is 0.205. The zero-order valence-electron chi connectivity index (χ0n) is 15.5. The Hall–Kier alpha value is -2.62. The van der Waals surface area contributed by atoms with Gasteiger partial charge in [0.05, 0.1) is 0 Å². The molecule has 0 aliphatic rings. The molecule has 3 aromatic rings. The summed E-state index contributed by atoms with van der Waals surface area (Å²) in [5.41, 5.74) is 1.01. The van der Waals surface area contributed by atoms with Gasteiger partial charge in [-0.15, -0.1) is 0 Å². The van der Waals surface area contributed by atoms with Crippen LogP contribution < -0.4 is 10.0 Å². The molecular weight excluding hydrogens is 402 g/mol. The van der Waals surface area contributed by atoms with E-state index in [9.17, 15) is 13.2 Å². The highest BCUT2D eigenvalue weighted by molar-refractivity contribution is 7.89. The van der Waals surface area contributed by atoms with Crippen molar-refractivity contribution >= 4 is 27.5 Å². The summed E-state index contributed by atoms with van der Waals surface area (Å²) >= 11 is 5.98. The zero-order chi connectivity index (χ0) is 20.5. The number of carbonyl (C=O) groups is 1. The molecule has 0 saturated carbocycles. The number of rotatable bonds is 6. The summed E-state index contributed by atoms with van der Waals surface area (Å²) < 4.78 is 29.5. The van der Waals surface area contributed by atoms with Gasteiger partial charge in [-0.05, 0) is 30.8 Å². The first-order chi connectivity index (χ1) is 13.2. The van der Waals surface area contributed by atoms with E-state index in [1.54, 1.807) is 36.1 Å². The summed E-state index contributed by atoms with van der Waals surface area (Å²) in [6.45, 7) is 0. The Kier molecular flexibility index (Phi) is 5.59. The maximum atomic E-state index is 12.9. The fourth-order valence-electron chi connectivity index (χ4n) is 2.84. The molecule has 2 heterocycles. The quantitative estimate of drug-likeness (QED) is 0.634. The molecule has 1 atom stereocenters. The molecule has 1 aromatic carbocycles. The van der Waals surface area contributed by atoms with Crippen molar-refractivity contribution in [2.45, 2.75) is 10.9 Å². The Morgan fingerprint density at radius 2 is 1.86 bits per heavy atom. The van der Waals surface area contributed by atoms with Crippen LogP contribution in [-0.4, -0.2) is 35.5 Å². The van der Waals surface area contributed by atoms with Gasteiger partial charge in [-0.2, -0.15) is 0 Å². The second-order valence-electron chi connectivity index (χ2n) is 6.23. The van der Waals surface area contributed by atoms with Gasteiger partial charge < -0.3 is 14.5 Å². The van der Waals surface area contributed by atoms with Crippen LogP contribution in [0.5, 0.6) is 0 Å². The van der Waals surface area contributed by atoms with Crippen LogP contribution in [0.15, 0.2) is 53.8 Å². The van der Waals surface area contributed by atoms with E-state index in [1.807, 2.05) is 19.2 Å². The first kappa shape index (κ1) is 20.1. The molecule has 8 nitrogen and oxygen atoms in total. The van der Waals surface area contributed by atoms with Crippen molar-refractivity contribution in [1.29, 1.82) is 0 Å². The van der Waals surface area contributed by atoms with Gasteiger partial charge in [0.25, 0.3) is 5.91 Å². The lowest BCUT2D eigenvalue weighted by molar-refractivity contribution is 0.0933. The number of halogens is 1. The van der Waals surface area contributed by atoms with Crippen LogP contribution >= 0.6 is 11.6 Å². The number of aromatic nitrogens is 3. The molecule has 2 N–H and O–H groups in total. The zero-order valence-corrected chi connectivity index (χ0v) is 17.1. The van der Waals surface area contributed by atoms with Gasteiger partial charge in [-0.3, -0.25) is 4.79 Å². The van der Waals surface area contributed by atoms with Crippen LogP contribution in [0.1, 0.15) is 27.9 Å². The van der Waals surface area contributed by atoms with E-state index in [2.05, 4.69) is 15.0 Å². The predicted molar refractivity (Wildman–Crippen MR) is 106 cm³/mol. The van der Waals surface area contributed by atoms with Gasteiger partial charge in [0, 0.05) is 37.7 Å². The van der Waals surface area contributed by atoms with Gasteiger partial charge in [-0.1, -0.05) is 23.7 Å². The van der Waals surface area contributed by atoms with Gasteiger partial charge in [-0.25, -0.2) is 18.1 Å². The summed E-state index contributed by atoms with van der Waals surface area (Å²) in [7, 11) is 1.11. The number of nitrogens with zero attached hydrogens (tertiary/aromatic N) is 3. The minimum atomic E-state index is -3.65. The molecule has 0 aliphatic carbocycles. The smallest absolute Gasteiger partial charge is 0.268 e. The number of amides is 1. The molecule has 28 heavy (non-hydrogen) atoms. The maximum absolute atomic E-state index is 12.9. The first-order valence-corrected chi connectivity index (χ1v) is 10.2. The van der Waals surface area contributed by atoms with Crippen LogP contribution in [-0.2, 0) is 24.1 Å². The Balaban J connectivity index is 1.97. The third-order valence-corrected chi connectivity index (χ3v) is 6.02. The molecule has 3 rings (SSSR count). The molecule has 0 aliphatic heterocycles. The number of hydrogen-bond acceptors (Lipinski definition) is 4. The number of carbonyl (C=O) groups excluding carboxylic acids is 1. The number of hydrogen-bond donors (Lipinski definition) is 2. The summed E-state index contributed by atoms with van der Waals surface area (Å²) in [6.07, 6.45) is 4.81. The van der Waals surface area contributed by atoms with Gasteiger partial charge in [0.2, 0.25) is 10.0 Å². The Bertz CT molecular complexity index is 1100. The fourth-order valence-corrected chi connectivity index (χ4v) is 3.76. The predicted octanol–water partition coefficient (Wildman–Crippen LogP) is 1.84. The molecule has 2 aromatic heterocycles. The highest BCUT2D eigenvalue weighted by Crippen LogP contribution is 2.23. The van der Waals surface area contributed by atoms with Crippen LogP contribution in [0.25, 0.3) is 0 Å². The van der Waals surface area contributed by atoms with E-state index >= 15 is 0 Å². The van der Waals surface area contributed by atoms with Crippen molar-refractivity contribution in [1.82, 2.24) is 24.2 Å². The number of benzene rings is 1. The average molecular weight is 422 g/mol. The van der Waals surface area contributed by atoms with Crippen LogP contribution in [0.3, 0.4) is 0 Å². The van der Waals surface area contributed by atoms with E-state index < -0.39 is 22.0 Å². The molecule has 10 heteroatoms. The normalized spacial score (nSPS) is 12.7. The lowest BCUT2D eigenvalue weighted by Crippen LogP contribution is -2.32. The number of nitrogens with one attached hydrogen (secondary N) is 2. The summed E-state index contributed by atoms with van der Waals surface area (Å²) in [5, 5.41) is 3.52. The molecular formula is C18H20ClN5O3S. The molecule has 1 unspecified atom stereocenters. The second-order valence-corrected chi connectivity index (χ2v) is 8.56. The Labute approximate surface area is 168 Å². The minimum Gasteiger partial charge on any atom is -0.345 e. The molecule has 0 radical (unpaired) electrons. The average Bonchev–Trinajstić information content (AvgIpc) is 3.26. The van der Waals surface area contributed by atoms with Crippen molar-refractivity contribution in [3.8, 4) is 0 Å². The standard InChI is InChI=1S/C18H20ClN5O3S/c1-20-28(26,27)14-10-15(24(3)11-14)18(25)22-16(17-21-8-9-23(17)2)12-4-6-13(19)7-5-12/h4-11,16,20H,1-3H3,(H,22,25). The fraction of sp³-hybridized carbons (Fsp3) is 0.222. The van der Waals surface area contributed by atoms with Crippen LogP contribution in [0.4, 0.5) is 0 Å². The molecule has 0 saturated heterocycles. The lowest BCUT2D eigenvalue weighted by Gasteiger charge is -2.19. The Morgan fingerprint density at radius 3 is 2.43 bits per heavy atom. The SMILES string of the molecule is CNS(=O)(=O)c1cc(C(=O)NC(c2ccc(Cl)cc2)c2nccn2C)n(C)c1. The highest BCUT2D eigenvalue weighted by Gasteiger charge is 2.24. The van der Waals surface area contributed by atoms with Crippen LogP contribution in [0, 0.1) is 0 Å². The lowest BCUT2D eigenvalue weighted by atomic mass is 10.1. The molecule has 1 amide bonds. The number of aryl methyl sites for hydroxylation is 2. The van der Waals surface area contributed by atoms with E-state index in [-0.39, 0.29) is 10.6 Å². The third kappa shape index (κ3) is 3.96. The van der Waals surface area contributed by atoms with Gasteiger partial charge in [0.1, 0.15) is 22.5 Å². The molecule has 148 valence electrons. The molecule has 0 spiro atoms. The maximum Gasteiger partial charge on any atom is 0.268 e. The largest absolute Gasteiger partial charge is 0.345 e. The van der Waals surface area contributed by atoms with Crippen LogP contribution in [0.2, 0.25) is 5.02 Å². The Morgan fingerprint density at radius 1 is 1.18 bits per heavy atom. The van der Waals surface area contributed by atoms with Crippen molar-refractivity contribution in [2.24, 2.45) is 14.1 Å². The molecule has 0 fully saturated rings. The van der Waals surface area contributed by atoms with E-state index in [0.29, 0.717) is 10.8 Å². The highest BCUT2D eigenvalue weighted by atomic mass is 35.5. The first-order valence-electron chi connectivity index (χ1n) is 8.36. The van der Waals surface area contributed by atoms with Crippen molar-refractivity contribution in [3.63, 3.8) is 0 Å².